The second kappa shape index (κ2) is 6.33. The van der Waals surface area contributed by atoms with Gasteiger partial charge in [-0.1, -0.05) is 13.8 Å². The summed E-state index contributed by atoms with van der Waals surface area (Å²) in [6.45, 7) is 10.8. The Morgan fingerprint density at radius 1 is 1.00 bits per heavy atom. The fourth-order valence-electron chi connectivity index (χ4n) is 4.10. The molecular weight excluding hydrogens is 248 g/mol. The molecule has 3 aliphatic rings. The third-order valence-electron chi connectivity index (χ3n) is 5.85. The lowest BCUT2D eigenvalue weighted by Gasteiger charge is -2.45. The lowest BCUT2D eigenvalue weighted by molar-refractivity contribution is -0.0234. The third-order valence-corrected chi connectivity index (χ3v) is 5.85. The van der Waals surface area contributed by atoms with Crippen LogP contribution in [0.4, 0.5) is 0 Å². The number of hydrogen-bond acceptors (Lipinski definition) is 3. The third kappa shape index (κ3) is 3.55. The van der Waals surface area contributed by atoms with E-state index in [0.717, 1.165) is 24.2 Å². The molecule has 2 aliphatic carbocycles. The van der Waals surface area contributed by atoms with Gasteiger partial charge in [0.25, 0.3) is 0 Å². The lowest BCUT2D eigenvalue weighted by atomic mass is 9.77. The van der Waals surface area contributed by atoms with Crippen LogP contribution < -0.4 is 0 Å². The van der Waals surface area contributed by atoms with Gasteiger partial charge in [-0.25, -0.2) is 0 Å². The monoisotopic (exact) mass is 280 g/mol. The molecule has 1 saturated heterocycles. The number of aliphatic hydroxyl groups is 1. The summed E-state index contributed by atoms with van der Waals surface area (Å²) in [7, 11) is 0. The van der Waals surface area contributed by atoms with Crippen molar-refractivity contribution in [2.75, 3.05) is 32.7 Å². The average molecular weight is 280 g/mol. The van der Waals surface area contributed by atoms with E-state index >= 15 is 0 Å². The van der Waals surface area contributed by atoms with Crippen molar-refractivity contribution in [3.05, 3.63) is 0 Å². The zero-order valence-corrected chi connectivity index (χ0v) is 13.3. The minimum absolute atomic E-state index is 0.0833. The highest BCUT2D eigenvalue weighted by molar-refractivity contribution is 4.90. The first-order valence-electron chi connectivity index (χ1n) is 8.78. The predicted octanol–water partition coefficient (Wildman–Crippen LogP) is 2.20. The van der Waals surface area contributed by atoms with Crippen molar-refractivity contribution >= 4 is 0 Å². The highest BCUT2D eigenvalue weighted by Crippen LogP contribution is 2.34. The van der Waals surface area contributed by atoms with E-state index in [1.165, 1.54) is 58.4 Å². The van der Waals surface area contributed by atoms with Crippen LogP contribution in [0.1, 0.15) is 46.0 Å². The Kier molecular flexibility index (Phi) is 4.68. The number of hydrogen-bond donors (Lipinski definition) is 1. The summed E-state index contributed by atoms with van der Waals surface area (Å²) in [5.41, 5.74) is 0. The smallest absolute Gasteiger partial charge is 0.0695 e. The minimum atomic E-state index is -0.0833. The molecule has 116 valence electrons. The number of rotatable bonds is 4. The normalized spacial score (nSPS) is 37.5. The average Bonchev–Trinajstić information content (AvgIpc) is 3.24. The van der Waals surface area contributed by atoms with Crippen LogP contribution in [0.15, 0.2) is 0 Å². The Hall–Kier alpha value is -0.120. The molecule has 3 fully saturated rings. The molecule has 3 heteroatoms. The van der Waals surface area contributed by atoms with Gasteiger partial charge >= 0.3 is 0 Å². The molecule has 1 heterocycles. The predicted molar refractivity (Wildman–Crippen MR) is 82.7 cm³/mol. The highest BCUT2D eigenvalue weighted by atomic mass is 16.3. The molecule has 0 bridgehead atoms. The molecule has 0 aromatic heterocycles. The second-order valence-electron chi connectivity index (χ2n) is 7.73. The van der Waals surface area contributed by atoms with Gasteiger partial charge in [0.05, 0.1) is 6.10 Å². The van der Waals surface area contributed by atoms with Crippen LogP contribution in [0.2, 0.25) is 0 Å². The van der Waals surface area contributed by atoms with Crippen molar-refractivity contribution in [1.29, 1.82) is 0 Å². The zero-order valence-electron chi connectivity index (χ0n) is 13.3. The van der Waals surface area contributed by atoms with Crippen molar-refractivity contribution in [3.8, 4) is 0 Å². The first-order valence-corrected chi connectivity index (χ1v) is 8.78. The van der Waals surface area contributed by atoms with Crippen molar-refractivity contribution in [2.45, 2.75) is 58.1 Å². The van der Waals surface area contributed by atoms with Gasteiger partial charge in [-0.3, -0.25) is 4.90 Å². The Morgan fingerprint density at radius 3 is 2.30 bits per heavy atom. The molecule has 2 saturated carbocycles. The van der Waals surface area contributed by atoms with E-state index < -0.39 is 0 Å². The Morgan fingerprint density at radius 2 is 1.70 bits per heavy atom. The molecular formula is C17H32N2O. The number of aliphatic hydroxyl groups excluding tert-OH is 1. The zero-order chi connectivity index (χ0) is 14.1. The molecule has 1 N–H and O–H groups in total. The van der Waals surface area contributed by atoms with Crippen LogP contribution in [0.5, 0.6) is 0 Å². The molecule has 0 spiro atoms. The molecule has 3 nitrogen and oxygen atoms in total. The Balaban J connectivity index is 1.50. The maximum absolute atomic E-state index is 10.4. The number of nitrogens with zero attached hydrogens (tertiary/aromatic N) is 2. The standard InChI is InChI=1S/C17H32N2O/c1-13(2)15-5-6-17(20)16(11-15)19-9-7-18(8-10-19)12-14-3-4-14/h13-17,20H,3-12H2,1-2H3. The van der Waals surface area contributed by atoms with E-state index in [4.69, 9.17) is 0 Å². The molecule has 0 radical (unpaired) electrons. The molecule has 3 atom stereocenters. The summed E-state index contributed by atoms with van der Waals surface area (Å²) in [6.07, 6.45) is 6.27. The van der Waals surface area contributed by atoms with Crippen LogP contribution in [0.3, 0.4) is 0 Å². The molecule has 3 unspecified atom stereocenters. The second-order valence-corrected chi connectivity index (χ2v) is 7.73. The van der Waals surface area contributed by atoms with Crippen LogP contribution in [-0.2, 0) is 0 Å². The van der Waals surface area contributed by atoms with Crippen molar-refractivity contribution in [3.63, 3.8) is 0 Å². The van der Waals surface area contributed by atoms with Gasteiger partial charge in [-0.15, -0.1) is 0 Å². The molecule has 20 heavy (non-hydrogen) atoms. The Bertz CT molecular complexity index is 308. The van der Waals surface area contributed by atoms with E-state index in [-0.39, 0.29) is 6.10 Å². The van der Waals surface area contributed by atoms with Crippen molar-refractivity contribution < 1.29 is 5.11 Å². The topological polar surface area (TPSA) is 26.7 Å². The quantitative estimate of drug-likeness (QED) is 0.855. The summed E-state index contributed by atoms with van der Waals surface area (Å²) in [6, 6.07) is 0.430. The van der Waals surface area contributed by atoms with E-state index in [2.05, 4.69) is 23.6 Å². The minimum Gasteiger partial charge on any atom is -0.391 e. The first kappa shape index (κ1) is 14.8. The summed E-state index contributed by atoms with van der Waals surface area (Å²) >= 11 is 0. The van der Waals surface area contributed by atoms with E-state index in [0.29, 0.717) is 6.04 Å². The fraction of sp³-hybridized carbons (Fsp3) is 1.00. The summed E-state index contributed by atoms with van der Waals surface area (Å²) in [4.78, 5) is 5.23. The van der Waals surface area contributed by atoms with Gasteiger partial charge in [0.15, 0.2) is 0 Å². The van der Waals surface area contributed by atoms with Crippen LogP contribution in [0.25, 0.3) is 0 Å². The maximum Gasteiger partial charge on any atom is 0.0695 e. The molecule has 0 aromatic rings. The molecule has 0 aromatic carbocycles. The van der Waals surface area contributed by atoms with Gasteiger partial charge in [0, 0.05) is 38.8 Å². The first-order chi connectivity index (χ1) is 9.63. The Labute approximate surface area is 124 Å². The number of piperazine rings is 1. The molecule has 3 rings (SSSR count). The van der Waals surface area contributed by atoms with Gasteiger partial charge < -0.3 is 10.0 Å². The van der Waals surface area contributed by atoms with Crippen LogP contribution >= 0.6 is 0 Å². The molecule has 1 aliphatic heterocycles. The SMILES string of the molecule is CC(C)C1CCC(O)C(N2CCN(CC3CC3)CC2)C1. The van der Waals surface area contributed by atoms with Crippen molar-refractivity contribution in [2.24, 2.45) is 17.8 Å². The van der Waals surface area contributed by atoms with E-state index in [1.54, 1.807) is 0 Å². The van der Waals surface area contributed by atoms with Crippen LogP contribution in [0, 0.1) is 17.8 Å². The largest absolute Gasteiger partial charge is 0.391 e. The lowest BCUT2D eigenvalue weighted by Crippen LogP contribution is -2.55. The van der Waals surface area contributed by atoms with Gasteiger partial charge in [0.1, 0.15) is 0 Å². The molecule has 0 amide bonds. The van der Waals surface area contributed by atoms with Gasteiger partial charge in [0.2, 0.25) is 0 Å². The van der Waals surface area contributed by atoms with E-state index in [1.807, 2.05) is 0 Å². The summed E-state index contributed by atoms with van der Waals surface area (Å²) in [5, 5.41) is 10.4. The summed E-state index contributed by atoms with van der Waals surface area (Å²) < 4.78 is 0. The van der Waals surface area contributed by atoms with Gasteiger partial charge in [-0.05, 0) is 49.9 Å². The highest BCUT2D eigenvalue weighted by Gasteiger charge is 2.36. The van der Waals surface area contributed by atoms with E-state index in [9.17, 15) is 5.11 Å². The maximum atomic E-state index is 10.4. The fourth-order valence-corrected chi connectivity index (χ4v) is 4.10. The van der Waals surface area contributed by atoms with Gasteiger partial charge in [-0.2, -0.15) is 0 Å². The summed E-state index contributed by atoms with van der Waals surface area (Å²) in [5.74, 6) is 2.58. The van der Waals surface area contributed by atoms with Crippen LogP contribution in [-0.4, -0.2) is 59.8 Å². The van der Waals surface area contributed by atoms with Crippen molar-refractivity contribution in [1.82, 2.24) is 9.80 Å².